The average molecular weight is 385 g/mol. The Hall–Kier alpha value is -2.38. The second-order valence-corrected chi connectivity index (χ2v) is 8.67. The minimum Gasteiger partial charge on any atom is -0.444 e. The first kappa shape index (κ1) is 19.0. The van der Waals surface area contributed by atoms with Gasteiger partial charge in [0.05, 0.1) is 36.6 Å². The first-order valence-electron chi connectivity index (χ1n) is 9.67. The van der Waals surface area contributed by atoms with E-state index in [4.69, 9.17) is 9.47 Å². The molecule has 0 radical (unpaired) electrons. The molecule has 7 heteroatoms. The van der Waals surface area contributed by atoms with Crippen LogP contribution in [0.15, 0.2) is 42.7 Å². The molecule has 2 saturated heterocycles. The zero-order chi connectivity index (χ0) is 19.9. The second-order valence-electron chi connectivity index (χ2n) is 8.67. The van der Waals surface area contributed by atoms with Crippen molar-refractivity contribution >= 4 is 6.09 Å². The fraction of sp³-hybridized carbons (Fsp3) is 0.524. The van der Waals surface area contributed by atoms with E-state index in [-0.39, 0.29) is 18.2 Å². The van der Waals surface area contributed by atoms with Gasteiger partial charge in [-0.05, 0) is 44.5 Å². The van der Waals surface area contributed by atoms with E-state index in [1.807, 2.05) is 57.3 Å². The van der Waals surface area contributed by atoms with Crippen molar-refractivity contribution in [3.8, 4) is 5.69 Å². The fourth-order valence-corrected chi connectivity index (χ4v) is 4.17. The number of morpholine rings is 1. The maximum Gasteiger partial charge on any atom is 0.410 e. The molecule has 1 N–H and O–H groups in total. The molecule has 3 heterocycles. The number of aromatic nitrogens is 2. The van der Waals surface area contributed by atoms with Crippen LogP contribution in [-0.2, 0) is 15.1 Å². The molecule has 2 fully saturated rings. The molecule has 150 valence electrons. The van der Waals surface area contributed by atoms with Crippen LogP contribution in [0.2, 0.25) is 0 Å². The molecule has 2 aliphatic heterocycles. The van der Waals surface area contributed by atoms with E-state index in [1.54, 1.807) is 15.8 Å². The van der Waals surface area contributed by atoms with Crippen LogP contribution in [0.1, 0.15) is 39.2 Å². The third kappa shape index (κ3) is 3.64. The Morgan fingerprint density at radius 1 is 1.21 bits per heavy atom. The number of fused-ring (bicyclic) bond motifs is 2. The largest absolute Gasteiger partial charge is 0.444 e. The number of hydrogen-bond acceptors (Lipinski definition) is 5. The molecule has 2 bridgehead atoms. The molecule has 2 aliphatic rings. The molecule has 7 nitrogen and oxygen atoms in total. The molecule has 1 aromatic heterocycles. The van der Waals surface area contributed by atoms with Crippen LogP contribution < -0.4 is 0 Å². The van der Waals surface area contributed by atoms with Crippen LogP contribution in [0.4, 0.5) is 4.79 Å². The lowest BCUT2D eigenvalue weighted by atomic mass is 9.77. The molecule has 1 amide bonds. The Kier molecular flexibility index (Phi) is 4.67. The molecular formula is C21H27N3O4. The van der Waals surface area contributed by atoms with Crippen molar-refractivity contribution in [3.05, 3.63) is 48.3 Å². The van der Waals surface area contributed by atoms with E-state index in [1.165, 1.54) is 0 Å². The van der Waals surface area contributed by atoms with Gasteiger partial charge >= 0.3 is 6.09 Å². The van der Waals surface area contributed by atoms with Crippen LogP contribution in [-0.4, -0.2) is 56.8 Å². The number of carbonyl (C=O) groups excluding carboxylic acids is 1. The molecular weight excluding hydrogens is 358 g/mol. The first-order chi connectivity index (χ1) is 13.3. The number of nitrogens with zero attached hydrogens (tertiary/aromatic N) is 3. The second kappa shape index (κ2) is 6.90. The number of hydrogen-bond donors (Lipinski definition) is 1. The Bertz CT molecular complexity index is 812. The summed E-state index contributed by atoms with van der Waals surface area (Å²) in [7, 11) is 0. The molecule has 0 aliphatic carbocycles. The predicted octanol–water partition coefficient (Wildman–Crippen LogP) is 2.86. The minimum absolute atomic E-state index is 0.210. The number of amides is 1. The lowest BCUT2D eigenvalue weighted by molar-refractivity contribution is -0.141. The summed E-state index contributed by atoms with van der Waals surface area (Å²) < 4.78 is 13.0. The SMILES string of the molecule is CC(C)(C)OC(=O)N1C2COCC1CC(O)(c1ccc(-n3cccn3)cc1)C2. The Morgan fingerprint density at radius 2 is 1.86 bits per heavy atom. The Labute approximate surface area is 164 Å². The van der Waals surface area contributed by atoms with Gasteiger partial charge in [-0.15, -0.1) is 0 Å². The zero-order valence-corrected chi connectivity index (χ0v) is 16.5. The summed E-state index contributed by atoms with van der Waals surface area (Å²) in [5.74, 6) is 0. The number of ether oxygens (including phenoxy) is 2. The van der Waals surface area contributed by atoms with Crippen LogP contribution in [0.25, 0.3) is 5.69 Å². The molecule has 4 rings (SSSR count). The highest BCUT2D eigenvalue weighted by Crippen LogP contribution is 2.41. The first-order valence-corrected chi connectivity index (χ1v) is 9.67. The quantitative estimate of drug-likeness (QED) is 0.860. The lowest BCUT2D eigenvalue weighted by Crippen LogP contribution is -2.63. The summed E-state index contributed by atoms with van der Waals surface area (Å²) in [6.45, 7) is 6.39. The summed E-state index contributed by atoms with van der Waals surface area (Å²) in [5, 5.41) is 15.7. The fourth-order valence-electron chi connectivity index (χ4n) is 4.17. The summed E-state index contributed by atoms with van der Waals surface area (Å²) in [6, 6.07) is 9.23. The van der Waals surface area contributed by atoms with Gasteiger partial charge < -0.3 is 14.6 Å². The molecule has 2 atom stereocenters. The van der Waals surface area contributed by atoms with E-state index in [2.05, 4.69) is 5.10 Å². The normalized spacial score (nSPS) is 27.5. The van der Waals surface area contributed by atoms with Crippen molar-refractivity contribution in [1.82, 2.24) is 14.7 Å². The molecule has 0 saturated carbocycles. The van der Waals surface area contributed by atoms with Crippen molar-refractivity contribution in [3.63, 3.8) is 0 Å². The van der Waals surface area contributed by atoms with Gasteiger partial charge in [-0.25, -0.2) is 9.48 Å². The number of carbonyl (C=O) groups is 1. The maximum atomic E-state index is 12.7. The van der Waals surface area contributed by atoms with E-state index in [9.17, 15) is 9.90 Å². The average Bonchev–Trinajstić information content (AvgIpc) is 3.14. The van der Waals surface area contributed by atoms with Crippen molar-refractivity contribution in [2.75, 3.05) is 13.2 Å². The summed E-state index contributed by atoms with van der Waals surface area (Å²) in [5.41, 5.74) is 0.235. The highest BCUT2D eigenvalue weighted by molar-refractivity contribution is 5.69. The van der Waals surface area contributed by atoms with Crippen LogP contribution >= 0.6 is 0 Å². The van der Waals surface area contributed by atoms with E-state index in [0.717, 1.165) is 11.3 Å². The van der Waals surface area contributed by atoms with Gasteiger partial charge in [-0.1, -0.05) is 12.1 Å². The number of piperidine rings is 1. The number of rotatable bonds is 2. The molecule has 0 spiro atoms. The molecule has 28 heavy (non-hydrogen) atoms. The Morgan fingerprint density at radius 3 is 2.39 bits per heavy atom. The van der Waals surface area contributed by atoms with Crippen LogP contribution in [0.5, 0.6) is 0 Å². The van der Waals surface area contributed by atoms with Gasteiger partial charge in [-0.3, -0.25) is 4.90 Å². The van der Waals surface area contributed by atoms with Crippen molar-refractivity contribution in [2.24, 2.45) is 0 Å². The standard InChI is InChI=1S/C21H27N3O4/c1-20(2,3)28-19(25)24-17-11-21(26,12-18(24)14-27-13-17)15-5-7-16(8-6-15)23-10-4-9-22-23/h4-10,17-18,26H,11-14H2,1-3H3. The van der Waals surface area contributed by atoms with Gasteiger partial charge in [0, 0.05) is 25.2 Å². The molecule has 2 unspecified atom stereocenters. The van der Waals surface area contributed by atoms with Gasteiger partial charge in [0.15, 0.2) is 0 Å². The monoisotopic (exact) mass is 385 g/mol. The predicted molar refractivity (Wildman–Crippen MR) is 103 cm³/mol. The summed E-state index contributed by atoms with van der Waals surface area (Å²) >= 11 is 0. The Balaban J connectivity index is 1.55. The van der Waals surface area contributed by atoms with Gasteiger partial charge in [-0.2, -0.15) is 5.10 Å². The topological polar surface area (TPSA) is 76.8 Å². The summed E-state index contributed by atoms with van der Waals surface area (Å²) in [6.07, 6.45) is 4.12. The van der Waals surface area contributed by atoms with Crippen LogP contribution in [0, 0.1) is 0 Å². The minimum atomic E-state index is -1.000. The van der Waals surface area contributed by atoms with E-state index in [0.29, 0.717) is 26.1 Å². The zero-order valence-electron chi connectivity index (χ0n) is 16.5. The van der Waals surface area contributed by atoms with E-state index < -0.39 is 11.2 Å². The van der Waals surface area contributed by atoms with Crippen LogP contribution in [0.3, 0.4) is 0 Å². The molecule has 1 aromatic carbocycles. The third-order valence-electron chi connectivity index (χ3n) is 5.33. The maximum absolute atomic E-state index is 12.7. The van der Waals surface area contributed by atoms with Gasteiger partial charge in [0.25, 0.3) is 0 Å². The highest BCUT2D eigenvalue weighted by atomic mass is 16.6. The number of aliphatic hydroxyl groups is 1. The van der Waals surface area contributed by atoms with Gasteiger partial charge in [0.1, 0.15) is 5.60 Å². The van der Waals surface area contributed by atoms with Crippen molar-refractivity contribution in [2.45, 2.75) is 56.9 Å². The smallest absolute Gasteiger partial charge is 0.410 e. The van der Waals surface area contributed by atoms with Crippen molar-refractivity contribution < 1.29 is 19.4 Å². The highest BCUT2D eigenvalue weighted by Gasteiger charge is 2.49. The van der Waals surface area contributed by atoms with Gasteiger partial charge in [0.2, 0.25) is 0 Å². The third-order valence-corrected chi connectivity index (χ3v) is 5.33. The van der Waals surface area contributed by atoms with E-state index >= 15 is 0 Å². The lowest BCUT2D eigenvalue weighted by Gasteiger charge is -2.51. The van der Waals surface area contributed by atoms with Crippen molar-refractivity contribution in [1.29, 1.82) is 0 Å². The number of benzene rings is 1. The molecule has 2 aromatic rings. The summed E-state index contributed by atoms with van der Waals surface area (Å²) in [4.78, 5) is 14.5.